The Labute approximate surface area is 79.6 Å². The normalized spacial score (nSPS) is 13.6. The van der Waals surface area contributed by atoms with Gasteiger partial charge < -0.3 is 14.8 Å². The molecule has 0 saturated heterocycles. The van der Waals surface area contributed by atoms with Crippen molar-refractivity contribution in [2.45, 2.75) is 32.4 Å². The number of ether oxygens (including phenoxy) is 2. The summed E-state index contributed by atoms with van der Waals surface area (Å²) in [5.41, 5.74) is -0.475. The first-order chi connectivity index (χ1) is 5.85. The average Bonchev–Trinajstić information content (AvgIpc) is 1.81. The summed E-state index contributed by atoms with van der Waals surface area (Å²) in [4.78, 5) is 11.1. The van der Waals surface area contributed by atoms with Gasteiger partial charge in [-0.05, 0) is 27.7 Å². The average molecular weight is 188 g/mol. The second-order valence-electron chi connectivity index (χ2n) is 3.80. The third kappa shape index (κ3) is 7.59. The van der Waals surface area contributed by atoms with E-state index in [4.69, 9.17) is 9.47 Å². The van der Waals surface area contributed by atoms with Crippen LogP contribution in [0.3, 0.4) is 0 Å². The number of carbonyl (C=O) groups is 1. The lowest BCUT2D eigenvalue weighted by molar-refractivity contribution is 0.0487. The van der Waals surface area contributed by atoms with Crippen LogP contribution in [0.25, 0.3) is 0 Å². The molecule has 0 aromatic heterocycles. The lowest BCUT2D eigenvalue weighted by Crippen LogP contribution is -2.39. The summed E-state index contributed by atoms with van der Waals surface area (Å²) in [6.45, 7) is 9.45. The number of hydrogen-bond donors (Lipinski definition) is 1. The molecule has 1 atom stereocenters. The van der Waals surface area contributed by atoms with E-state index in [-0.39, 0.29) is 6.04 Å². The lowest BCUT2D eigenvalue weighted by atomic mass is 10.2. The zero-order valence-corrected chi connectivity index (χ0v) is 8.72. The van der Waals surface area contributed by atoms with Crippen LogP contribution in [0.4, 0.5) is 4.79 Å². The van der Waals surface area contributed by atoms with Crippen LogP contribution in [0.2, 0.25) is 0 Å². The standard InChI is InChI=1S/C9H18NO3/c1-7(6-12-5)10-8(11)13-9(2,3)4/h7H,1,6H2,2-5H3,(H,10,11)/t7-/m0/s1. The summed E-state index contributed by atoms with van der Waals surface area (Å²) in [6, 6.07) is -0.278. The molecule has 13 heavy (non-hydrogen) atoms. The van der Waals surface area contributed by atoms with Crippen LogP contribution in [-0.4, -0.2) is 31.5 Å². The summed E-state index contributed by atoms with van der Waals surface area (Å²) in [5.74, 6) is 0. The fourth-order valence-corrected chi connectivity index (χ4v) is 0.717. The second kappa shape index (κ2) is 5.07. The highest BCUT2D eigenvalue weighted by Gasteiger charge is 2.17. The van der Waals surface area contributed by atoms with Gasteiger partial charge in [-0.3, -0.25) is 0 Å². The van der Waals surface area contributed by atoms with Gasteiger partial charge in [0.1, 0.15) is 5.60 Å². The van der Waals surface area contributed by atoms with E-state index in [2.05, 4.69) is 12.2 Å². The third-order valence-electron chi connectivity index (χ3n) is 1.09. The van der Waals surface area contributed by atoms with Crippen LogP contribution in [0.15, 0.2) is 0 Å². The van der Waals surface area contributed by atoms with Crippen molar-refractivity contribution in [3.8, 4) is 0 Å². The van der Waals surface area contributed by atoms with Crippen LogP contribution < -0.4 is 5.32 Å². The van der Waals surface area contributed by atoms with Crippen LogP contribution in [0.5, 0.6) is 0 Å². The maximum absolute atomic E-state index is 11.1. The molecule has 4 heteroatoms. The van der Waals surface area contributed by atoms with Gasteiger partial charge in [0, 0.05) is 7.11 Å². The summed E-state index contributed by atoms with van der Waals surface area (Å²) in [7, 11) is 1.55. The van der Waals surface area contributed by atoms with Crippen molar-refractivity contribution in [2.75, 3.05) is 13.7 Å². The molecular formula is C9H18NO3. The first kappa shape index (κ1) is 12.2. The van der Waals surface area contributed by atoms with Crippen LogP contribution in [0.1, 0.15) is 20.8 Å². The smallest absolute Gasteiger partial charge is 0.407 e. The van der Waals surface area contributed by atoms with Gasteiger partial charge in [-0.25, -0.2) is 4.79 Å². The number of carbonyl (C=O) groups excluding carboxylic acids is 1. The van der Waals surface area contributed by atoms with E-state index >= 15 is 0 Å². The summed E-state index contributed by atoms with van der Waals surface area (Å²) < 4.78 is 9.81. The van der Waals surface area contributed by atoms with Crippen LogP contribution >= 0.6 is 0 Å². The highest BCUT2D eigenvalue weighted by molar-refractivity contribution is 5.68. The van der Waals surface area contributed by atoms with Gasteiger partial charge in [0.2, 0.25) is 0 Å². The molecule has 0 aliphatic carbocycles. The molecule has 0 heterocycles. The Balaban J connectivity index is 3.74. The van der Waals surface area contributed by atoms with Gasteiger partial charge in [-0.15, -0.1) is 0 Å². The van der Waals surface area contributed by atoms with E-state index in [1.54, 1.807) is 27.9 Å². The number of methoxy groups -OCH3 is 1. The van der Waals surface area contributed by atoms with Crippen LogP contribution in [-0.2, 0) is 9.47 Å². The Morgan fingerprint density at radius 3 is 2.46 bits per heavy atom. The Morgan fingerprint density at radius 1 is 1.54 bits per heavy atom. The van der Waals surface area contributed by atoms with Crippen molar-refractivity contribution >= 4 is 6.09 Å². The van der Waals surface area contributed by atoms with Crippen molar-refractivity contribution in [1.29, 1.82) is 0 Å². The number of rotatable bonds is 3. The van der Waals surface area contributed by atoms with Gasteiger partial charge in [0.25, 0.3) is 0 Å². The van der Waals surface area contributed by atoms with Gasteiger partial charge in [-0.2, -0.15) is 0 Å². The first-order valence-corrected chi connectivity index (χ1v) is 4.16. The van der Waals surface area contributed by atoms with Gasteiger partial charge in [0.15, 0.2) is 0 Å². The molecule has 0 aromatic rings. The fourth-order valence-electron chi connectivity index (χ4n) is 0.717. The molecule has 0 spiro atoms. The molecule has 1 amide bonds. The molecule has 0 saturated carbocycles. The molecule has 0 unspecified atom stereocenters. The molecule has 0 bridgehead atoms. The first-order valence-electron chi connectivity index (χ1n) is 4.16. The van der Waals surface area contributed by atoms with E-state index in [1.165, 1.54) is 0 Å². The molecule has 0 aliphatic heterocycles. The van der Waals surface area contributed by atoms with Crippen molar-refractivity contribution in [3.05, 3.63) is 6.92 Å². The molecule has 0 aromatic carbocycles. The van der Waals surface area contributed by atoms with Crippen molar-refractivity contribution in [2.24, 2.45) is 0 Å². The van der Waals surface area contributed by atoms with E-state index in [0.717, 1.165) is 0 Å². The monoisotopic (exact) mass is 188 g/mol. The third-order valence-corrected chi connectivity index (χ3v) is 1.09. The fraction of sp³-hybridized carbons (Fsp3) is 0.778. The molecular weight excluding hydrogens is 170 g/mol. The zero-order valence-electron chi connectivity index (χ0n) is 8.72. The minimum absolute atomic E-state index is 0.278. The van der Waals surface area contributed by atoms with Crippen LogP contribution in [0, 0.1) is 6.92 Å². The summed E-state index contributed by atoms with van der Waals surface area (Å²) in [6.07, 6.45) is -0.468. The zero-order chi connectivity index (χ0) is 10.5. The predicted octanol–water partition coefficient (Wildman–Crippen LogP) is 1.36. The second-order valence-corrected chi connectivity index (χ2v) is 3.80. The molecule has 4 nitrogen and oxygen atoms in total. The Hall–Kier alpha value is -0.770. The molecule has 1 N–H and O–H groups in total. The Kier molecular flexibility index (Phi) is 4.77. The number of amides is 1. The number of alkyl carbamates (subject to hydrolysis) is 1. The quantitative estimate of drug-likeness (QED) is 0.727. The largest absolute Gasteiger partial charge is 0.444 e. The van der Waals surface area contributed by atoms with Crippen molar-refractivity contribution in [1.82, 2.24) is 5.32 Å². The maximum atomic E-state index is 11.1. The van der Waals surface area contributed by atoms with E-state index in [0.29, 0.717) is 6.61 Å². The highest BCUT2D eigenvalue weighted by Crippen LogP contribution is 2.06. The molecule has 0 aliphatic rings. The van der Waals surface area contributed by atoms with E-state index in [9.17, 15) is 4.79 Å². The molecule has 0 fully saturated rings. The minimum Gasteiger partial charge on any atom is -0.444 e. The van der Waals surface area contributed by atoms with Crippen molar-refractivity contribution < 1.29 is 14.3 Å². The summed E-state index contributed by atoms with van der Waals surface area (Å²) >= 11 is 0. The van der Waals surface area contributed by atoms with E-state index < -0.39 is 11.7 Å². The SMILES string of the molecule is [CH2][C@@H](COC)NC(=O)OC(C)(C)C. The van der Waals surface area contributed by atoms with Gasteiger partial charge in [0.05, 0.1) is 12.6 Å². The minimum atomic E-state index is -0.475. The van der Waals surface area contributed by atoms with Crippen molar-refractivity contribution in [3.63, 3.8) is 0 Å². The highest BCUT2D eigenvalue weighted by atomic mass is 16.6. The predicted molar refractivity (Wildman–Crippen MR) is 50.4 cm³/mol. The Morgan fingerprint density at radius 2 is 2.08 bits per heavy atom. The molecule has 1 radical (unpaired) electrons. The summed E-state index contributed by atoms with van der Waals surface area (Å²) in [5, 5.41) is 2.54. The lowest BCUT2D eigenvalue weighted by Gasteiger charge is -2.21. The molecule has 0 rings (SSSR count). The maximum Gasteiger partial charge on any atom is 0.407 e. The van der Waals surface area contributed by atoms with Gasteiger partial charge >= 0.3 is 6.09 Å². The number of hydrogen-bond acceptors (Lipinski definition) is 3. The van der Waals surface area contributed by atoms with E-state index in [1.807, 2.05) is 0 Å². The Bertz CT molecular complexity index is 163. The number of nitrogens with one attached hydrogen (secondary N) is 1. The molecule has 77 valence electrons. The topological polar surface area (TPSA) is 47.6 Å². The van der Waals surface area contributed by atoms with Gasteiger partial charge in [-0.1, -0.05) is 0 Å².